The average molecular weight is 564 g/mol. The molecule has 1 amide bonds. The highest BCUT2D eigenvalue weighted by Crippen LogP contribution is 2.14. The molecule has 2 aliphatic heterocycles. The van der Waals surface area contributed by atoms with Crippen LogP contribution in [0.5, 0.6) is 0 Å². The van der Waals surface area contributed by atoms with Gasteiger partial charge in [0.25, 0.3) is 0 Å². The van der Waals surface area contributed by atoms with Gasteiger partial charge in [-0.05, 0) is 31.9 Å². The summed E-state index contributed by atoms with van der Waals surface area (Å²) in [5.74, 6) is 0.947. The number of rotatable bonds is 6. The second-order valence-electron chi connectivity index (χ2n) is 7.84. The number of carbonyl (C=O) groups is 1. The van der Waals surface area contributed by atoms with Crippen molar-refractivity contribution in [1.82, 2.24) is 20.0 Å². The Bertz CT molecular complexity index is 836. The Morgan fingerprint density at radius 3 is 2.23 bits per heavy atom. The maximum absolute atomic E-state index is 12.6. The molecule has 1 unspecified atom stereocenters. The quantitative estimate of drug-likeness (QED) is 0.319. The highest BCUT2D eigenvalue weighted by molar-refractivity contribution is 14.0. The maximum atomic E-state index is 12.6. The Kier molecular flexibility index (Phi) is 10.0. The lowest BCUT2D eigenvalue weighted by Gasteiger charge is -2.39. The van der Waals surface area contributed by atoms with Crippen LogP contribution >= 0.6 is 24.0 Å². The molecule has 0 radical (unpaired) electrons. The maximum Gasteiger partial charge on any atom is 0.239 e. The molecule has 0 saturated carbocycles. The third kappa shape index (κ3) is 6.79. The van der Waals surface area contributed by atoms with Gasteiger partial charge in [-0.2, -0.15) is 0 Å². The number of hydrogen-bond acceptors (Lipinski definition) is 5. The number of carbonyl (C=O) groups excluding carboxylic acids is 1. The van der Waals surface area contributed by atoms with Gasteiger partial charge >= 0.3 is 0 Å². The lowest BCUT2D eigenvalue weighted by molar-refractivity contribution is -0.135. The van der Waals surface area contributed by atoms with Crippen LogP contribution in [0.1, 0.15) is 19.8 Å². The number of amides is 1. The van der Waals surface area contributed by atoms with Crippen molar-refractivity contribution in [2.75, 3.05) is 58.6 Å². The van der Waals surface area contributed by atoms with E-state index in [9.17, 15) is 13.2 Å². The largest absolute Gasteiger partial charge is 0.355 e. The van der Waals surface area contributed by atoms with Gasteiger partial charge in [-0.15, -0.1) is 24.0 Å². The van der Waals surface area contributed by atoms with Crippen LogP contribution < -0.4 is 5.32 Å². The van der Waals surface area contributed by atoms with Crippen LogP contribution in [-0.2, 0) is 14.6 Å². The van der Waals surface area contributed by atoms with E-state index >= 15 is 0 Å². The lowest BCUT2D eigenvalue weighted by atomic mass is 10.2. The minimum atomic E-state index is -3.32. The monoisotopic (exact) mass is 563 g/mol. The first-order chi connectivity index (χ1) is 14.4. The standard InChI is InChI=1S/C21H33N5O3S.HI/c1-18(20(27)25-11-6-7-12-25)24-13-15-26(16-14-24)21(22-2)23-10-17-30(28,29)19-8-4-3-5-9-19;/h3-5,8-9,18H,6-7,10-17H2,1-2H3,(H,22,23);1H. The van der Waals surface area contributed by atoms with Gasteiger partial charge in [0.05, 0.1) is 16.7 Å². The molecule has 1 atom stereocenters. The molecule has 0 bridgehead atoms. The van der Waals surface area contributed by atoms with E-state index in [4.69, 9.17) is 0 Å². The molecule has 0 aliphatic carbocycles. The van der Waals surface area contributed by atoms with Gasteiger partial charge in [0, 0.05) is 52.9 Å². The third-order valence-corrected chi connectivity index (χ3v) is 7.64. The number of benzene rings is 1. The van der Waals surface area contributed by atoms with Crippen molar-refractivity contribution in [2.45, 2.75) is 30.7 Å². The van der Waals surface area contributed by atoms with E-state index in [0.29, 0.717) is 17.4 Å². The molecular formula is C21H34IN5O3S. The normalized spacial score (nSPS) is 19.1. The molecule has 1 aromatic carbocycles. The summed E-state index contributed by atoms with van der Waals surface area (Å²) in [6, 6.07) is 8.40. The molecule has 174 valence electrons. The van der Waals surface area contributed by atoms with Gasteiger partial charge in [0.15, 0.2) is 15.8 Å². The van der Waals surface area contributed by atoms with Gasteiger partial charge in [-0.1, -0.05) is 18.2 Å². The summed E-state index contributed by atoms with van der Waals surface area (Å²) < 4.78 is 24.9. The van der Waals surface area contributed by atoms with Crippen molar-refractivity contribution in [3.8, 4) is 0 Å². The summed E-state index contributed by atoms with van der Waals surface area (Å²) in [5, 5.41) is 3.18. The van der Waals surface area contributed by atoms with Crippen LogP contribution in [0.25, 0.3) is 0 Å². The van der Waals surface area contributed by atoms with Crippen LogP contribution in [0.2, 0.25) is 0 Å². The minimum absolute atomic E-state index is 0. The molecule has 2 heterocycles. The predicted molar refractivity (Wildman–Crippen MR) is 134 cm³/mol. The number of guanidine groups is 1. The fraction of sp³-hybridized carbons (Fsp3) is 0.619. The number of nitrogens with one attached hydrogen (secondary N) is 1. The van der Waals surface area contributed by atoms with Crippen molar-refractivity contribution in [1.29, 1.82) is 0 Å². The molecule has 1 N–H and O–H groups in total. The molecule has 0 spiro atoms. The smallest absolute Gasteiger partial charge is 0.239 e. The molecule has 2 fully saturated rings. The number of hydrogen-bond donors (Lipinski definition) is 1. The van der Waals surface area contributed by atoms with Gasteiger partial charge in [-0.25, -0.2) is 8.42 Å². The Morgan fingerprint density at radius 2 is 1.65 bits per heavy atom. The molecule has 3 rings (SSSR count). The Labute approximate surface area is 203 Å². The van der Waals surface area contributed by atoms with E-state index in [1.165, 1.54) is 0 Å². The highest BCUT2D eigenvalue weighted by Gasteiger charge is 2.30. The first kappa shape index (κ1) is 25.9. The summed E-state index contributed by atoms with van der Waals surface area (Å²) in [6.45, 7) is 7.13. The van der Waals surface area contributed by atoms with E-state index in [1.54, 1.807) is 37.4 Å². The van der Waals surface area contributed by atoms with Gasteiger partial charge in [-0.3, -0.25) is 14.7 Å². The fourth-order valence-electron chi connectivity index (χ4n) is 4.05. The van der Waals surface area contributed by atoms with E-state index in [0.717, 1.165) is 52.1 Å². The Morgan fingerprint density at radius 1 is 1.03 bits per heavy atom. The van der Waals surface area contributed by atoms with Gasteiger partial charge < -0.3 is 15.1 Å². The molecule has 10 heteroatoms. The number of piperazine rings is 1. The van der Waals surface area contributed by atoms with Crippen LogP contribution in [0.15, 0.2) is 40.2 Å². The number of likely N-dealkylation sites (tertiary alicyclic amines) is 1. The first-order valence-corrected chi connectivity index (χ1v) is 12.3. The molecular weight excluding hydrogens is 529 g/mol. The summed E-state index contributed by atoms with van der Waals surface area (Å²) >= 11 is 0. The predicted octanol–water partition coefficient (Wildman–Crippen LogP) is 1.28. The van der Waals surface area contributed by atoms with Crippen LogP contribution in [0.3, 0.4) is 0 Å². The van der Waals surface area contributed by atoms with E-state index in [-0.39, 0.29) is 41.7 Å². The molecule has 2 saturated heterocycles. The molecule has 31 heavy (non-hydrogen) atoms. The zero-order valence-electron chi connectivity index (χ0n) is 18.4. The molecule has 2 aliphatic rings. The number of halogens is 1. The third-order valence-electron chi connectivity index (χ3n) is 5.90. The van der Waals surface area contributed by atoms with E-state index in [2.05, 4.69) is 20.1 Å². The summed E-state index contributed by atoms with van der Waals surface area (Å²) in [5.41, 5.74) is 0. The lowest BCUT2D eigenvalue weighted by Crippen LogP contribution is -2.57. The van der Waals surface area contributed by atoms with Crippen molar-refractivity contribution in [2.24, 2.45) is 4.99 Å². The zero-order chi connectivity index (χ0) is 21.6. The van der Waals surface area contributed by atoms with Gasteiger partial charge in [0.1, 0.15) is 0 Å². The summed E-state index contributed by atoms with van der Waals surface area (Å²) in [4.78, 5) is 23.6. The average Bonchev–Trinajstić information content (AvgIpc) is 3.31. The minimum Gasteiger partial charge on any atom is -0.355 e. The molecule has 0 aromatic heterocycles. The Balaban J connectivity index is 0.00000341. The van der Waals surface area contributed by atoms with Crippen LogP contribution in [-0.4, -0.2) is 99.6 Å². The van der Waals surface area contributed by atoms with Crippen molar-refractivity contribution in [3.63, 3.8) is 0 Å². The van der Waals surface area contributed by atoms with Crippen LogP contribution in [0.4, 0.5) is 0 Å². The highest BCUT2D eigenvalue weighted by atomic mass is 127. The summed E-state index contributed by atoms with van der Waals surface area (Å²) in [6.07, 6.45) is 2.21. The zero-order valence-corrected chi connectivity index (χ0v) is 21.5. The Hall–Kier alpha value is -1.40. The molecule has 8 nitrogen and oxygen atoms in total. The van der Waals surface area contributed by atoms with Crippen molar-refractivity contribution in [3.05, 3.63) is 30.3 Å². The number of nitrogens with zero attached hydrogens (tertiary/aromatic N) is 4. The summed E-state index contributed by atoms with van der Waals surface area (Å²) in [7, 11) is -1.61. The van der Waals surface area contributed by atoms with Gasteiger partial charge in [0.2, 0.25) is 5.91 Å². The fourth-order valence-corrected chi connectivity index (χ4v) is 5.23. The second kappa shape index (κ2) is 12.0. The van der Waals surface area contributed by atoms with E-state index in [1.807, 2.05) is 11.8 Å². The SMILES string of the molecule is CN=C(NCCS(=O)(=O)c1ccccc1)N1CCN(C(C)C(=O)N2CCCC2)CC1.I. The van der Waals surface area contributed by atoms with Crippen molar-refractivity contribution >= 4 is 45.7 Å². The second-order valence-corrected chi connectivity index (χ2v) is 9.95. The molecule has 1 aromatic rings. The van der Waals surface area contributed by atoms with Crippen LogP contribution in [0, 0.1) is 0 Å². The van der Waals surface area contributed by atoms with Crippen molar-refractivity contribution < 1.29 is 13.2 Å². The topological polar surface area (TPSA) is 85.3 Å². The number of aliphatic imine (C=N–C) groups is 1. The van der Waals surface area contributed by atoms with E-state index < -0.39 is 9.84 Å². The number of sulfone groups is 1. The first-order valence-electron chi connectivity index (χ1n) is 10.7.